The monoisotopic (exact) mass is 319 g/mol. The van der Waals surface area contributed by atoms with Crippen LogP contribution >= 0.6 is 0 Å². The molecule has 0 bridgehead atoms. The normalized spacial score (nSPS) is 13.5. The summed E-state index contributed by atoms with van der Waals surface area (Å²) in [5, 5.41) is 9.99. The lowest BCUT2D eigenvalue weighted by Crippen LogP contribution is -2.27. The second-order valence-electron chi connectivity index (χ2n) is 4.93. The first-order chi connectivity index (χ1) is 11.0. The van der Waals surface area contributed by atoms with Crippen molar-refractivity contribution in [3.05, 3.63) is 47.8 Å². The predicted octanol–water partition coefficient (Wildman–Crippen LogP) is 2.60. The van der Waals surface area contributed by atoms with Gasteiger partial charge >= 0.3 is 0 Å². The topological polar surface area (TPSA) is 63.5 Å². The van der Waals surface area contributed by atoms with Crippen LogP contribution in [0, 0.1) is 18.6 Å². The number of amidine groups is 1. The van der Waals surface area contributed by atoms with E-state index in [4.69, 9.17) is 4.74 Å². The van der Waals surface area contributed by atoms with Gasteiger partial charge in [-0.15, -0.1) is 5.10 Å². The van der Waals surface area contributed by atoms with E-state index in [2.05, 4.69) is 20.7 Å². The molecule has 1 aromatic carbocycles. The van der Waals surface area contributed by atoms with Crippen LogP contribution in [0.25, 0.3) is 0 Å². The Kier molecular flexibility index (Phi) is 3.96. The van der Waals surface area contributed by atoms with Crippen LogP contribution in [0.3, 0.4) is 0 Å². The van der Waals surface area contributed by atoms with Crippen LogP contribution in [-0.2, 0) is 7.05 Å². The van der Waals surface area contributed by atoms with Gasteiger partial charge in [0.2, 0.25) is 0 Å². The molecule has 23 heavy (non-hydrogen) atoms. The minimum absolute atomic E-state index is 0.130. The third kappa shape index (κ3) is 3.15. The van der Waals surface area contributed by atoms with E-state index in [1.807, 2.05) is 6.08 Å². The van der Waals surface area contributed by atoms with Crippen molar-refractivity contribution >= 4 is 17.4 Å². The lowest BCUT2D eigenvalue weighted by molar-refractivity contribution is 0.493. The van der Waals surface area contributed by atoms with Gasteiger partial charge < -0.3 is 15.4 Å². The Morgan fingerprint density at radius 2 is 2.17 bits per heavy atom. The molecule has 1 aliphatic heterocycles. The number of aromatic nitrogens is 2. The number of nitrogens with zero attached hydrogens (tertiary/aromatic N) is 3. The number of benzene rings is 1. The molecular weight excluding hydrogens is 304 g/mol. The van der Waals surface area contributed by atoms with Gasteiger partial charge in [-0.05, 0) is 25.1 Å². The van der Waals surface area contributed by atoms with E-state index in [1.54, 1.807) is 24.9 Å². The van der Waals surface area contributed by atoms with Crippen LogP contribution in [0.4, 0.5) is 20.2 Å². The minimum atomic E-state index is -0.699. The largest absolute Gasteiger partial charge is 0.403 e. The Bertz CT molecular complexity index is 797. The highest BCUT2D eigenvalue weighted by Gasteiger charge is 2.18. The van der Waals surface area contributed by atoms with Crippen molar-refractivity contribution < 1.29 is 13.5 Å². The lowest BCUT2D eigenvalue weighted by atomic mass is 10.2. The first-order valence-corrected chi connectivity index (χ1v) is 6.94. The molecule has 6 nitrogen and oxygen atoms in total. The maximum Gasteiger partial charge on any atom is 0.296 e. The van der Waals surface area contributed by atoms with Crippen LogP contribution in [0.15, 0.2) is 35.5 Å². The van der Waals surface area contributed by atoms with E-state index in [1.165, 1.54) is 12.1 Å². The van der Waals surface area contributed by atoms with Crippen molar-refractivity contribution in [2.24, 2.45) is 12.0 Å². The number of anilines is 2. The molecule has 2 N–H and O–H groups in total. The molecule has 0 fully saturated rings. The van der Waals surface area contributed by atoms with Gasteiger partial charge in [0.15, 0.2) is 0 Å². The number of hydrogen-bond donors (Lipinski definition) is 2. The number of aliphatic imine (C=N–C) groups is 1. The van der Waals surface area contributed by atoms with Gasteiger partial charge in [0.05, 0.1) is 17.9 Å². The summed E-state index contributed by atoms with van der Waals surface area (Å²) in [5.41, 5.74) is 1.35. The van der Waals surface area contributed by atoms with Gasteiger partial charge in [-0.1, -0.05) is 0 Å². The summed E-state index contributed by atoms with van der Waals surface area (Å²) in [5.74, 6) is -1.09. The zero-order chi connectivity index (χ0) is 16.4. The first kappa shape index (κ1) is 15.0. The number of halogens is 2. The summed E-state index contributed by atoms with van der Waals surface area (Å²) >= 11 is 0. The molecule has 0 spiro atoms. The first-order valence-electron chi connectivity index (χ1n) is 6.94. The third-order valence-corrected chi connectivity index (χ3v) is 3.35. The van der Waals surface area contributed by atoms with Gasteiger partial charge in [-0.2, -0.15) is 0 Å². The van der Waals surface area contributed by atoms with Gasteiger partial charge in [0.25, 0.3) is 11.9 Å². The highest BCUT2D eigenvalue weighted by atomic mass is 19.1. The molecule has 0 radical (unpaired) electrons. The zero-order valence-corrected chi connectivity index (χ0v) is 12.6. The minimum Gasteiger partial charge on any atom is -0.403 e. The molecule has 120 valence electrons. The van der Waals surface area contributed by atoms with Crippen LogP contribution in [0.2, 0.25) is 0 Å². The van der Waals surface area contributed by atoms with Crippen LogP contribution in [0.5, 0.6) is 5.88 Å². The summed E-state index contributed by atoms with van der Waals surface area (Å²) in [6, 6.07) is 3.61. The predicted molar refractivity (Wildman–Crippen MR) is 82.8 cm³/mol. The van der Waals surface area contributed by atoms with Gasteiger partial charge in [-0.25, -0.2) is 13.8 Å². The van der Waals surface area contributed by atoms with Crippen molar-refractivity contribution in [3.63, 3.8) is 0 Å². The Morgan fingerprint density at radius 1 is 1.35 bits per heavy atom. The number of aryl methyl sites for hydroxylation is 1. The van der Waals surface area contributed by atoms with Crippen LogP contribution < -0.4 is 15.4 Å². The maximum absolute atomic E-state index is 13.8. The van der Waals surface area contributed by atoms with E-state index in [0.717, 1.165) is 11.8 Å². The smallest absolute Gasteiger partial charge is 0.296 e. The summed E-state index contributed by atoms with van der Waals surface area (Å²) in [7, 11) is 1.74. The number of rotatable bonds is 3. The molecule has 8 heteroatoms. The number of hydrogen-bond acceptors (Lipinski definition) is 5. The van der Waals surface area contributed by atoms with Crippen molar-refractivity contribution in [2.75, 3.05) is 11.9 Å². The van der Waals surface area contributed by atoms with Crippen LogP contribution in [0.1, 0.15) is 5.69 Å². The fraction of sp³-hybridized carbons (Fsp3) is 0.200. The molecule has 2 aromatic rings. The fourth-order valence-corrected chi connectivity index (χ4v) is 2.04. The Labute approximate surface area is 131 Å². The van der Waals surface area contributed by atoms with Gasteiger partial charge in [-0.3, -0.25) is 4.68 Å². The summed E-state index contributed by atoms with van der Waals surface area (Å²) in [6.45, 7) is 2.31. The zero-order valence-electron chi connectivity index (χ0n) is 12.6. The summed E-state index contributed by atoms with van der Waals surface area (Å²) in [6.07, 6.45) is 3.55. The van der Waals surface area contributed by atoms with Crippen molar-refractivity contribution in [1.82, 2.24) is 15.1 Å². The SMILES string of the molecule is Cc1c(Nc2ccc(F)cc2F)c(OC2=NCC=CN2)nn1C. The highest BCUT2D eigenvalue weighted by molar-refractivity contribution is 5.80. The highest BCUT2D eigenvalue weighted by Crippen LogP contribution is 2.31. The lowest BCUT2D eigenvalue weighted by Gasteiger charge is -2.12. The average Bonchev–Trinajstić information content (AvgIpc) is 2.78. The second-order valence-corrected chi connectivity index (χ2v) is 4.93. The molecule has 1 aromatic heterocycles. The summed E-state index contributed by atoms with van der Waals surface area (Å²) in [4.78, 5) is 4.14. The average molecular weight is 319 g/mol. The fourth-order valence-electron chi connectivity index (χ4n) is 2.04. The standard InChI is InChI=1S/C15H15F2N5O/c1-9-13(20-12-5-4-10(16)8-11(12)17)14(21-22(9)2)23-15-18-6-3-7-19-15/h3-6,8,20H,7H2,1-2H3,(H,18,19). The van der Waals surface area contributed by atoms with Crippen molar-refractivity contribution in [2.45, 2.75) is 6.92 Å². The molecule has 0 saturated carbocycles. The van der Waals surface area contributed by atoms with E-state index in [0.29, 0.717) is 18.3 Å². The molecule has 3 rings (SSSR count). The van der Waals surface area contributed by atoms with Crippen molar-refractivity contribution in [3.8, 4) is 5.88 Å². The summed E-state index contributed by atoms with van der Waals surface area (Å²) < 4.78 is 34.1. The Hall–Kier alpha value is -2.90. The molecule has 0 saturated heterocycles. The Balaban J connectivity index is 1.90. The molecule has 2 heterocycles. The maximum atomic E-state index is 13.8. The second kappa shape index (κ2) is 6.07. The van der Waals surface area contributed by atoms with E-state index >= 15 is 0 Å². The van der Waals surface area contributed by atoms with E-state index in [-0.39, 0.29) is 11.6 Å². The van der Waals surface area contributed by atoms with Gasteiger partial charge in [0, 0.05) is 19.3 Å². The van der Waals surface area contributed by atoms with E-state index in [9.17, 15) is 8.78 Å². The molecule has 1 aliphatic rings. The molecular formula is C15H15F2N5O. The quantitative estimate of drug-likeness (QED) is 0.913. The molecule has 0 amide bonds. The van der Waals surface area contributed by atoms with Gasteiger partial charge in [0.1, 0.15) is 17.3 Å². The molecule has 0 atom stereocenters. The molecule has 0 unspecified atom stereocenters. The molecule has 0 aliphatic carbocycles. The van der Waals surface area contributed by atoms with Crippen LogP contribution in [-0.4, -0.2) is 22.3 Å². The van der Waals surface area contributed by atoms with Crippen molar-refractivity contribution in [1.29, 1.82) is 0 Å². The number of ether oxygens (including phenoxy) is 1. The number of nitrogens with one attached hydrogen (secondary N) is 2. The van der Waals surface area contributed by atoms with E-state index < -0.39 is 11.6 Å². The Morgan fingerprint density at radius 3 is 2.87 bits per heavy atom. The third-order valence-electron chi connectivity index (χ3n) is 3.35.